The van der Waals surface area contributed by atoms with Crippen molar-refractivity contribution in [3.63, 3.8) is 0 Å². The Morgan fingerprint density at radius 1 is 1.64 bits per heavy atom. The lowest BCUT2D eigenvalue weighted by Gasteiger charge is -2.16. The van der Waals surface area contributed by atoms with Crippen LogP contribution in [0.1, 0.15) is 25.1 Å². The molecule has 0 saturated carbocycles. The summed E-state index contributed by atoms with van der Waals surface area (Å²) in [5.41, 5.74) is 7.64. The molecule has 0 radical (unpaired) electrons. The van der Waals surface area contributed by atoms with Crippen molar-refractivity contribution in [2.75, 3.05) is 0 Å². The number of rotatable bonds is 3. The highest BCUT2D eigenvalue weighted by atomic mass is 32.1. The van der Waals surface area contributed by atoms with Crippen molar-refractivity contribution < 1.29 is 0 Å². The van der Waals surface area contributed by atoms with Crippen LogP contribution in [-0.2, 0) is 6.42 Å². The van der Waals surface area contributed by atoms with E-state index in [0.717, 1.165) is 12.8 Å². The third-order valence-electron chi connectivity index (χ3n) is 1.50. The third kappa shape index (κ3) is 3.49. The topological polar surface area (TPSA) is 38.9 Å². The molecule has 2 nitrogen and oxygen atoms in total. The number of aryl methyl sites for hydroxylation is 1. The first-order valence-corrected chi connectivity index (χ1v) is 4.62. The van der Waals surface area contributed by atoms with Crippen molar-refractivity contribution in [3.05, 3.63) is 16.6 Å². The third-order valence-corrected chi connectivity index (χ3v) is 2.34. The normalized spacial score (nSPS) is 11.9. The fourth-order valence-electron chi connectivity index (χ4n) is 0.811. The zero-order valence-electron chi connectivity index (χ0n) is 7.00. The second-order valence-electron chi connectivity index (χ2n) is 3.46. The van der Waals surface area contributed by atoms with E-state index in [1.807, 2.05) is 25.6 Å². The van der Waals surface area contributed by atoms with Crippen molar-refractivity contribution in [2.24, 2.45) is 5.73 Å². The summed E-state index contributed by atoms with van der Waals surface area (Å²) in [6.45, 7) is 4.10. The van der Waals surface area contributed by atoms with Crippen molar-refractivity contribution >= 4 is 11.3 Å². The van der Waals surface area contributed by atoms with Gasteiger partial charge in [-0.15, -0.1) is 11.3 Å². The first-order chi connectivity index (χ1) is 5.08. The Morgan fingerprint density at radius 3 is 2.82 bits per heavy atom. The molecule has 0 aliphatic rings. The Hall–Kier alpha value is -0.410. The lowest BCUT2D eigenvalue weighted by atomic mass is 10.00. The van der Waals surface area contributed by atoms with Crippen LogP contribution in [0.3, 0.4) is 0 Å². The number of nitrogens with two attached hydrogens (primary N) is 1. The predicted octanol–water partition coefficient (Wildman–Crippen LogP) is 1.81. The van der Waals surface area contributed by atoms with E-state index in [2.05, 4.69) is 4.98 Å². The highest BCUT2D eigenvalue weighted by molar-refractivity contribution is 7.09. The molecule has 0 bridgehead atoms. The van der Waals surface area contributed by atoms with E-state index < -0.39 is 0 Å². The summed E-state index contributed by atoms with van der Waals surface area (Å²) in [4.78, 5) is 5.32. The van der Waals surface area contributed by atoms with Gasteiger partial charge in [0, 0.05) is 16.6 Å². The Bertz CT molecular complexity index is 198. The summed E-state index contributed by atoms with van der Waals surface area (Å²) >= 11 is 1.70. The summed E-state index contributed by atoms with van der Waals surface area (Å²) in [6.07, 6.45) is 3.99. The zero-order chi connectivity index (χ0) is 8.32. The van der Waals surface area contributed by atoms with Gasteiger partial charge in [-0.3, -0.25) is 4.98 Å². The molecule has 0 amide bonds. The van der Waals surface area contributed by atoms with E-state index in [1.165, 1.54) is 4.88 Å². The Kier molecular flexibility index (Phi) is 2.62. The van der Waals surface area contributed by atoms with Gasteiger partial charge in [0.25, 0.3) is 0 Å². The molecule has 11 heavy (non-hydrogen) atoms. The maximum atomic E-state index is 5.84. The summed E-state index contributed by atoms with van der Waals surface area (Å²) < 4.78 is 0. The molecule has 0 aliphatic heterocycles. The van der Waals surface area contributed by atoms with Gasteiger partial charge < -0.3 is 5.73 Å². The molecule has 0 saturated heterocycles. The van der Waals surface area contributed by atoms with Gasteiger partial charge in [0.2, 0.25) is 0 Å². The number of hydrogen-bond acceptors (Lipinski definition) is 3. The maximum Gasteiger partial charge on any atom is 0.0794 e. The van der Waals surface area contributed by atoms with Crippen LogP contribution in [0.4, 0.5) is 0 Å². The highest BCUT2D eigenvalue weighted by Gasteiger charge is 2.10. The lowest BCUT2D eigenvalue weighted by Crippen LogP contribution is -2.32. The maximum absolute atomic E-state index is 5.84. The van der Waals surface area contributed by atoms with Crippen LogP contribution < -0.4 is 5.73 Å². The lowest BCUT2D eigenvalue weighted by molar-refractivity contribution is 0.478. The average molecular weight is 170 g/mol. The molecule has 2 N–H and O–H groups in total. The van der Waals surface area contributed by atoms with Gasteiger partial charge in [-0.25, -0.2) is 0 Å². The summed E-state index contributed by atoms with van der Waals surface area (Å²) in [5.74, 6) is 0. The monoisotopic (exact) mass is 170 g/mol. The Labute approximate surface area is 71.5 Å². The van der Waals surface area contributed by atoms with Crippen LogP contribution in [-0.4, -0.2) is 10.5 Å². The van der Waals surface area contributed by atoms with Gasteiger partial charge in [-0.2, -0.15) is 0 Å². The first kappa shape index (κ1) is 8.68. The minimum absolute atomic E-state index is 0.0516. The van der Waals surface area contributed by atoms with Crippen molar-refractivity contribution in [3.8, 4) is 0 Å². The number of hydrogen-bond donors (Lipinski definition) is 1. The molecular formula is C8H14N2S. The van der Waals surface area contributed by atoms with Crippen LogP contribution >= 0.6 is 11.3 Å². The molecule has 0 aliphatic carbocycles. The number of aromatic nitrogens is 1. The van der Waals surface area contributed by atoms with E-state index in [9.17, 15) is 0 Å². The molecule has 1 aromatic rings. The smallest absolute Gasteiger partial charge is 0.0794 e. The molecule has 0 unspecified atom stereocenters. The first-order valence-electron chi connectivity index (χ1n) is 3.74. The summed E-state index contributed by atoms with van der Waals surface area (Å²) in [7, 11) is 0. The second kappa shape index (κ2) is 3.32. The van der Waals surface area contributed by atoms with Crippen molar-refractivity contribution in [1.29, 1.82) is 0 Å². The molecule has 0 aromatic carbocycles. The molecule has 1 rings (SSSR count). The standard InChI is InChI=1S/C8H14N2S/c1-8(2,9)4-3-7-5-10-6-11-7/h5-6H,3-4,9H2,1-2H3. The Morgan fingerprint density at radius 2 is 2.36 bits per heavy atom. The SMILES string of the molecule is CC(C)(N)CCc1cncs1. The summed E-state index contributed by atoms with van der Waals surface area (Å²) in [5, 5.41) is 0. The average Bonchev–Trinajstić information content (AvgIpc) is 2.32. The van der Waals surface area contributed by atoms with Gasteiger partial charge in [0.1, 0.15) is 0 Å². The van der Waals surface area contributed by atoms with Crippen molar-refractivity contribution in [1.82, 2.24) is 4.98 Å². The molecule has 0 spiro atoms. The molecule has 62 valence electrons. The largest absolute Gasteiger partial charge is 0.326 e. The van der Waals surface area contributed by atoms with Crippen LogP contribution in [0.2, 0.25) is 0 Å². The van der Waals surface area contributed by atoms with Crippen LogP contribution in [0, 0.1) is 0 Å². The quantitative estimate of drug-likeness (QED) is 0.751. The number of nitrogens with zero attached hydrogens (tertiary/aromatic N) is 1. The molecule has 1 aromatic heterocycles. The fraction of sp³-hybridized carbons (Fsp3) is 0.625. The van der Waals surface area contributed by atoms with E-state index in [0.29, 0.717) is 0 Å². The Balaban J connectivity index is 2.35. The second-order valence-corrected chi connectivity index (χ2v) is 4.43. The molecular weight excluding hydrogens is 156 g/mol. The van der Waals surface area contributed by atoms with Gasteiger partial charge in [-0.1, -0.05) is 0 Å². The van der Waals surface area contributed by atoms with E-state index in [1.54, 1.807) is 11.3 Å². The number of thiazole rings is 1. The van der Waals surface area contributed by atoms with Crippen LogP contribution in [0.5, 0.6) is 0 Å². The molecule has 3 heteroatoms. The van der Waals surface area contributed by atoms with E-state index in [4.69, 9.17) is 5.73 Å². The zero-order valence-corrected chi connectivity index (χ0v) is 7.82. The molecule has 1 heterocycles. The van der Waals surface area contributed by atoms with Crippen LogP contribution in [0.15, 0.2) is 11.7 Å². The fourth-order valence-corrected chi connectivity index (χ4v) is 1.41. The predicted molar refractivity (Wildman–Crippen MR) is 48.7 cm³/mol. The van der Waals surface area contributed by atoms with Gasteiger partial charge >= 0.3 is 0 Å². The van der Waals surface area contributed by atoms with Gasteiger partial charge in [0.05, 0.1) is 5.51 Å². The van der Waals surface area contributed by atoms with Gasteiger partial charge in [-0.05, 0) is 26.7 Å². The van der Waals surface area contributed by atoms with Crippen molar-refractivity contribution in [2.45, 2.75) is 32.2 Å². The van der Waals surface area contributed by atoms with E-state index >= 15 is 0 Å². The minimum atomic E-state index is -0.0516. The molecule has 0 fully saturated rings. The molecule has 0 atom stereocenters. The van der Waals surface area contributed by atoms with Crippen LogP contribution in [0.25, 0.3) is 0 Å². The summed E-state index contributed by atoms with van der Waals surface area (Å²) in [6, 6.07) is 0. The highest BCUT2D eigenvalue weighted by Crippen LogP contribution is 2.13. The van der Waals surface area contributed by atoms with Gasteiger partial charge in [0.15, 0.2) is 0 Å². The minimum Gasteiger partial charge on any atom is -0.326 e. The van der Waals surface area contributed by atoms with E-state index in [-0.39, 0.29) is 5.54 Å².